The number of amides is 2. The Hall–Kier alpha value is -1.35. The van der Waals surface area contributed by atoms with E-state index in [1.165, 1.54) is 4.90 Å². The highest BCUT2D eigenvalue weighted by Crippen LogP contribution is 2.28. The van der Waals surface area contributed by atoms with Crippen LogP contribution >= 0.6 is 11.6 Å². The molecule has 0 radical (unpaired) electrons. The highest BCUT2D eigenvalue weighted by Gasteiger charge is 2.36. The zero-order chi connectivity index (χ0) is 13.8. The Kier molecular flexibility index (Phi) is 4.59. The van der Waals surface area contributed by atoms with E-state index in [1.807, 2.05) is 18.2 Å². The summed E-state index contributed by atoms with van der Waals surface area (Å²) < 4.78 is 0. The Morgan fingerprint density at radius 2 is 2.11 bits per heavy atom. The van der Waals surface area contributed by atoms with Gasteiger partial charge in [0, 0.05) is 13.0 Å². The van der Waals surface area contributed by atoms with Crippen molar-refractivity contribution >= 4 is 23.4 Å². The van der Waals surface area contributed by atoms with Gasteiger partial charge in [0.05, 0.1) is 0 Å². The summed E-state index contributed by atoms with van der Waals surface area (Å²) in [6, 6.07) is 9.16. The molecule has 1 saturated heterocycles. The summed E-state index contributed by atoms with van der Waals surface area (Å²) in [7, 11) is 0. The minimum absolute atomic E-state index is 0.0926. The number of alkyl halides is 1. The first-order chi connectivity index (χ1) is 9.13. The van der Waals surface area contributed by atoms with Crippen LogP contribution in [0.1, 0.15) is 37.1 Å². The molecule has 1 fully saturated rings. The van der Waals surface area contributed by atoms with Crippen molar-refractivity contribution in [1.82, 2.24) is 4.90 Å². The van der Waals surface area contributed by atoms with E-state index in [2.05, 4.69) is 6.92 Å². The fourth-order valence-electron chi connectivity index (χ4n) is 2.50. The van der Waals surface area contributed by atoms with Crippen molar-refractivity contribution in [3.8, 4) is 0 Å². The maximum Gasteiger partial charge on any atom is 0.251 e. The number of carbonyl (C=O) groups is 2. The Morgan fingerprint density at radius 1 is 1.42 bits per heavy atom. The normalized spacial score (nSPS) is 20.6. The van der Waals surface area contributed by atoms with Crippen molar-refractivity contribution in [2.45, 2.75) is 31.6 Å². The van der Waals surface area contributed by atoms with Crippen LogP contribution in [0.2, 0.25) is 0 Å². The summed E-state index contributed by atoms with van der Waals surface area (Å²) in [5, 5.41) is -0.773. The smallest absolute Gasteiger partial charge is 0.251 e. The third-order valence-corrected chi connectivity index (χ3v) is 3.92. The predicted octanol–water partition coefficient (Wildman–Crippen LogP) is 3.14. The molecule has 19 heavy (non-hydrogen) atoms. The molecule has 3 nitrogen and oxygen atoms in total. The molecule has 4 heteroatoms. The van der Waals surface area contributed by atoms with Crippen molar-refractivity contribution < 1.29 is 9.59 Å². The van der Waals surface area contributed by atoms with Gasteiger partial charge in [0.2, 0.25) is 5.91 Å². The van der Waals surface area contributed by atoms with E-state index in [4.69, 9.17) is 11.6 Å². The molecule has 2 rings (SSSR count). The molecule has 0 bridgehead atoms. The maximum atomic E-state index is 12.3. The molecular formula is C15H18ClNO2. The number of hydrogen-bond donors (Lipinski definition) is 0. The highest BCUT2D eigenvalue weighted by molar-refractivity contribution is 6.31. The number of imide groups is 1. The summed E-state index contributed by atoms with van der Waals surface area (Å²) in [5.74, 6) is -0.0948. The minimum atomic E-state index is -0.773. The van der Waals surface area contributed by atoms with Gasteiger partial charge in [-0.25, -0.2) is 0 Å². The summed E-state index contributed by atoms with van der Waals surface area (Å²) >= 11 is 6.18. The lowest BCUT2D eigenvalue weighted by Crippen LogP contribution is -2.34. The maximum absolute atomic E-state index is 12.3. The van der Waals surface area contributed by atoms with Gasteiger partial charge in [0.1, 0.15) is 5.38 Å². The standard InChI is InChI=1S/C15H18ClNO2/c1-2-6-11-9-13(18)17(10-11)15(19)14(16)12-7-4-3-5-8-12/h3-5,7-8,11,14H,2,6,9-10H2,1H3. The Bertz CT molecular complexity index is 460. The average molecular weight is 280 g/mol. The molecule has 2 unspecified atom stereocenters. The van der Waals surface area contributed by atoms with Crippen molar-refractivity contribution in [1.29, 1.82) is 0 Å². The van der Waals surface area contributed by atoms with Crippen LogP contribution in [0, 0.1) is 5.92 Å². The highest BCUT2D eigenvalue weighted by atomic mass is 35.5. The Morgan fingerprint density at radius 3 is 2.74 bits per heavy atom. The number of nitrogens with zero attached hydrogens (tertiary/aromatic N) is 1. The minimum Gasteiger partial charge on any atom is -0.281 e. The number of hydrogen-bond acceptors (Lipinski definition) is 2. The Labute approximate surface area is 118 Å². The molecule has 0 N–H and O–H groups in total. The third-order valence-electron chi connectivity index (χ3n) is 3.48. The van der Waals surface area contributed by atoms with Crippen LogP contribution in [0.3, 0.4) is 0 Å². The number of rotatable bonds is 4. The average Bonchev–Trinajstić information content (AvgIpc) is 2.79. The third kappa shape index (κ3) is 3.16. The number of carbonyl (C=O) groups excluding carboxylic acids is 2. The van der Waals surface area contributed by atoms with Gasteiger partial charge in [0.15, 0.2) is 0 Å². The van der Waals surface area contributed by atoms with E-state index in [-0.39, 0.29) is 11.8 Å². The van der Waals surface area contributed by atoms with Gasteiger partial charge in [-0.3, -0.25) is 14.5 Å². The van der Waals surface area contributed by atoms with Crippen LogP contribution in [-0.4, -0.2) is 23.3 Å². The molecule has 2 amide bonds. The SMILES string of the molecule is CCCC1CC(=O)N(C(=O)C(Cl)c2ccccc2)C1. The van der Waals surface area contributed by atoms with Crippen LogP contribution in [-0.2, 0) is 9.59 Å². The second kappa shape index (κ2) is 6.20. The first kappa shape index (κ1) is 14.1. The first-order valence-electron chi connectivity index (χ1n) is 6.66. The lowest BCUT2D eigenvalue weighted by Gasteiger charge is -2.18. The molecule has 102 valence electrons. The molecule has 1 aromatic rings. The summed E-state index contributed by atoms with van der Waals surface area (Å²) in [6.07, 6.45) is 2.48. The topological polar surface area (TPSA) is 37.4 Å². The molecule has 1 aromatic carbocycles. The number of likely N-dealkylation sites (tertiary alicyclic amines) is 1. The van der Waals surface area contributed by atoms with Crippen molar-refractivity contribution in [2.24, 2.45) is 5.92 Å². The van der Waals surface area contributed by atoms with Gasteiger partial charge < -0.3 is 0 Å². The summed E-state index contributed by atoms with van der Waals surface area (Å²) in [6.45, 7) is 2.60. The fraction of sp³-hybridized carbons (Fsp3) is 0.467. The first-order valence-corrected chi connectivity index (χ1v) is 7.10. The van der Waals surface area contributed by atoms with Crippen LogP contribution in [0.25, 0.3) is 0 Å². The van der Waals surface area contributed by atoms with E-state index in [9.17, 15) is 9.59 Å². The van der Waals surface area contributed by atoms with E-state index >= 15 is 0 Å². The lowest BCUT2D eigenvalue weighted by molar-refractivity contribution is -0.141. The van der Waals surface area contributed by atoms with Gasteiger partial charge >= 0.3 is 0 Å². The van der Waals surface area contributed by atoms with E-state index in [0.29, 0.717) is 18.9 Å². The predicted molar refractivity (Wildman–Crippen MR) is 74.8 cm³/mol. The van der Waals surface area contributed by atoms with Gasteiger partial charge in [-0.05, 0) is 17.9 Å². The summed E-state index contributed by atoms with van der Waals surface area (Å²) in [4.78, 5) is 25.5. The van der Waals surface area contributed by atoms with Crippen LogP contribution < -0.4 is 0 Å². The zero-order valence-electron chi connectivity index (χ0n) is 11.0. The van der Waals surface area contributed by atoms with Crippen molar-refractivity contribution in [3.05, 3.63) is 35.9 Å². The number of halogens is 1. The second-order valence-corrected chi connectivity index (χ2v) is 5.41. The number of benzene rings is 1. The van der Waals surface area contributed by atoms with Crippen LogP contribution in [0.15, 0.2) is 30.3 Å². The Balaban J connectivity index is 2.06. The van der Waals surface area contributed by atoms with Gasteiger partial charge in [-0.1, -0.05) is 43.7 Å². The second-order valence-electron chi connectivity index (χ2n) is 4.97. The molecule has 0 aromatic heterocycles. The van der Waals surface area contributed by atoms with Crippen LogP contribution in [0.5, 0.6) is 0 Å². The van der Waals surface area contributed by atoms with E-state index < -0.39 is 5.38 Å². The van der Waals surface area contributed by atoms with Gasteiger partial charge in [0.25, 0.3) is 5.91 Å². The largest absolute Gasteiger partial charge is 0.281 e. The quantitative estimate of drug-likeness (QED) is 0.794. The van der Waals surface area contributed by atoms with Crippen LogP contribution in [0.4, 0.5) is 0 Å². The zero-order valence-corrected chi connectivity index (χ0v) is 11.8. The molecule has 0 spiro atoms. The molecule has 1 heterocycles. The van der Waals surface area contributed by atoms with E-state index in [1.54, 1.807) is 12.1 Å². The van der Waals surface area contributed by atoms with E-state index in [0.717, 1.165) is 18.4 Å². The van der Waals surface area contributed by atoms with Crippen molar-refractivity contribution in [2.75, 3.05) is 6.54 Å². The molecule has 2 atom stereocenters. The molecule has 0 aliphatic carbocycles. The summed E-state index contributed by atoms with van der Waals surface area (Å²) in [5.41, 5.74) is 0.737. The molecule has 1 aliphatic rings. The van der Waals surface area contributed by atoms with Gasteiger partial charge in [-0.2, -0.15) is 0 Å². The fourth-order valence-corrected chi connectivity index (χ4v) is 2.76. The lowest BCUT2D eigenvalue weighted by atomic mass is 10.0. The monoisotopic (exact) mass is 279 g/mol. The molecule has 0 saturated carbocycles. The van der Waals surface area contributed by atoms with Crippen molar-refractivity contribution in [3.63, 3.8) is 0 Å². The molecular weight excluding hydrogens is 262 g/mol. The van der Waals surface area contributed by atoms with Gasteiger partial charge in [-0.15, -0.1) is 11.6 Å². The molecule has 1 aliphatic heterocycles.